The van der Waals surface area contributed by atoms with Gasteiger partial charge in [0, 0.05) is 18.9 Å². The molecule has 8 heteroatoms. The molecule has 2 rings (SSSR count). The second-order valence-electron chi connectivity index (χ2n) is 4.28. The average molecular weight is 280 g/mol. The average Bonchev–Trinajstić information content (AvgIpc) is 2.83. The Morgan fingerprint density at radius 3 is 2.90 bits per heavy atom. The fourth-order valence-corrected chi connectivity index (χ4v) is 1.77. The van der Waals surface area contributed by atoms with Crippen molar-refractivity contribution in [2.24, 2.45) is 0 Å². The van der Waals surface area contributed by atoms with Crippen LogP contribution in [0.5, 0.6) is 0 Å². The number of nitrogens with zero attached hydrogens (tertiary/aromatic N) is 4. The number of benzene rings is 1. The second kappa shape index (κ2) is 6.20. The van der Waals surface area contributed by atoms with Crippen LogP contribution < -0.4 is 0 Å². The normalized spacial score (nSPS) is 10.7. The zero-order valence-electron chi connectivity index (χ0n) is 10.6. The lowest BCUT2D eigenvalue weighted by atomic mass is 10.2. The Balaban J connectivity index is 2.08. The third-order valence-corrected chi connectivity index (χ3v) is 2.73. The van der Waals surface area contributed by atoms with E-state index in [2.05, 4.69) is 10.3 Å². The molecule has 0 saturated heterocycles. The van der Waals surface area contributed by atoms with Gasteiger partial charge in [-0.05, 0) is 24.5 Å². The van der Waals surface area contributed by atoms with Gasteiger partial charge in [0.15, 0.2) is 0 Å². The molecule has 0 aliphatic heterocycles. The Labute approximate surface area is 113 Å². The molecule has 0 aliphatic carbocycles. The lowest BCUT2D eigenvalue weighted by Gasteiger charge is -2.01. The van der Waals surface area contributed by atoms with E-state index in [-0.39, 0.29) is 13.2 Å². The number of aryl methyl sites for hydroxylation is 1. The van der Waals surface area contributed by atoms with E-state index in [9.17, 15) is 14.5 Å². The van der Waals surface area contributed by atoms with Gasteiger partial charge in [-0.1, -0.05) is 11.3 Å². The van der Waals surface area contributed by atoms with Crippen molar-refractivity contribution in [1.82, 2.24) is 15.0 Å². The van der Waals surface area contributed by atoms with Gasteiger partial charge in [-0.25, -0.2) is 4.68 Å². The lowest BCUT2D eigenvalue weighted by Crippen LogP contribution is -2.02. The van der Waals surface area contributed by atoms with Crippen LogP contribution in [0.1, 0.15) is 17.7 Å². The van der Waals surface area contributed by atoms with Gasteiger partial charge in [-0.15, -0.1) is 5.10 Å². The Bertz CT molecular complexity index is 614. The molecule has 1 N–H and O–H groups in total. The Morgan fingerprint density at radius 2 is 2.25 bits per heavy atom. The quantitative estimate of drug-likeness (QED) is 0.635. The first-order valence-corrected chi connectivity index (χ1v) is 6.03. The second-order valence-corrected chi connectivity index (χ2v) is 4.28. The van der Waals surface area contributed by atoms with Crippen LogP contribution in [0.2, 0.25) is 0 Å². The summed E-state index contributed by atoms with van der Waals surface area (Å²) >= 11 is 0. The summed E-state index contributed by atoms with van der Waals surface area (Å²) in [5.41, 5.74) is 0.754. The largest absolute Gasteiger partial charge is 0.396 e. The molecule has 0 unspecified atom stereocenters. The van der Waals surface area contributed by atoms with Crippen molar-refractivity contribution >= 4 is 5.69 Å². The highest BCUT2D eigenvalue weighted by atomic mass is 19.1. The molecule has 2 aromatic rings. The minimum Gasteiger partial charge on any atom is -0.396 e. The minimum atomic E-state index is -0.867. The van der Waals surface area contributed by atoms with E-state index in [1.807, 2.05) is 0 Å². The van der Waals surface area contributed by atoms with Crippen molar-refractivity contribution in [3.63, 3.8) is 0 Å². The number of rotatable bonds is 6. The molecule has 106 valence electrons. The summed E-state index contributed by atoms with van der Waals surface area (Å²) in [5, 5.41) is 27.0. The third kappa shape index (κ3) is 3.35. The summed E-state index contributed by atoms with van der Waals surface area (Å²) in [5.74, 6) is -0.867. The van der Waals surface area contributed by atoms with Gasteiger partial charge >= 0.3 is 5.69 Å². The Morgan fingerprint density at radius 1 is 1.45 bits per heavy atom. The Hall–Kier alpha value is -2.35. The molecule has 0 spiro atoms. The third-order valence-electron chi connectivity index (χ3n) is 2.73. The molecule has 0 fully saturated rings. The minimum absolute atomic E-state index is 0.0838. The predicted octanol–water partition coefficient (Wildman–Crippen LogP) is 1.30. The number of nitro benzene ring substituents is 1. The number of aromatic nitrogens is 3. The van der Waals surface area contributed by atoms with Gasteiger partial charge in [0.2, 0.25) is 5.82 Å². The van der Waals surface area contributed by atoms with Crippen molar-refractivity contribution in [2.75, 3.05) is 6.61 Å². The first-order chi connectivity index (χ1) is 9.60. The van der Waals surface area contributed by atoms with Crippen LogP contribution in [0.25, 0.3) is 0 Å². The molecular formula is C12H13FN4O3. The van der Waals surface area contributed by atoms with Gasteiger partial charge in [0.25, 0.3) is 0 Å². The number of halogens is 1. The van der Waals surface area contributed by atoms with Crippen molar-refractivity contribution in [2.45, 2.75) is 19.4 Å². The molecule has 0 saturated carbocycles. The predicted molar refractivity (Wildman–Crippen MR) is 67.6 cm³/mol. The topological polar surface area (TPSA) is 94.1 Å². The fourth-order valence-electron chi connectivity index (χ4n) is 1.77. The number of aliphatic hydroxyl groups excluding tert-OH is 1. The molecule has 0 bridgehead atoms. The zero-order chi connectivity index (χ0) is 14.5. The highest BCUT2D eigenvalue weighted by Gasteiger charge is 2.14. The summed E-state index contributed by atoms with van der Waals surface area (Å²) in [6, 6.07) is 3.73. The fraction of sp³-hybridized carbons (Fsp3) is 0.333. The summed E-state index contributed by atoms with van der Waals surface area (Å²) in [6.07, 6.45) is 2.92. The highest BCUT2D eigenvalue weighted by molar-refractivity contribution is 5.35. The van der Waals surface area contributed by atoms with Crippen molar-refractivity contribution in [3.8, 4) is 0 Å². The van der Waals surface area contributed by atoms with E-state index in [1.54, 1.807) is 6.20 Å². The van der Waals surface area contributed by atoms with Crippen molar-refractivity contribution in [1.29, 1.82) is 0 Å². The first-order valence-electron chi connectivity index (χ1n) is 6.03. The smallest absolute Gasteiger partial charge is 0.304 e. The summed E-state index contributed by atoms with van der Waals surface area (Å²) < 4.78 is 15.0. The lowest BCUT2D eigenvalue weighted by molar-refractivity contribution is -0.387. The van der Waals surface area contributed by atoms with Crippen LogP contribution in [0.3, 0.4) is 0 Å². The molecule has 1 aromatic carbocycles. The van der Waals surface area contributed by atoms with E-state index < -0.39 is 16.4 Å². The molecule has 0 aliphatic rings. The van der Waals surface area contributed by atoms with E-state index in [0.29, 0.717) is 18.4 Å². The van der Waals surface area contributed by atoms with Crippen molar-refractivity contribution < 1.29 is 14.4 Å². The van der Waals surface area contributed by atoms with Gasteiger partial charge in [-0.3, -0.25) is 10.1 Å². The van der Waals surface area contributed by atoms with E-state index in [4.69, 9.17) is 5.11 Å². The standard InChI is InChI=1S/C12H13FN4O3/c13-11-6-9(3-4-12(11)17(19)20)7-16-8-10(14-15-16)2-1-5-18/h3-4,6,8,18H,1-2,5,7H2. The molecule has 7 nitrogen and oxygen atoms in total. The van der Waals surface area contributed by atoms with Crippen LogP contribution >= 0.6 is 0 Å². The summed E-state index contributed by atoms with van der Waals surface area (Å²) in [4.78, 5) is 9.75. The monoisotopic (exact) mass is 280 g/mol. The maximum atomic E-state index is 13.5. The zero-order valence-corrected chi connectivity index (χ0v) is 10.6. The highest BCUT2D eigenvalue weighted by Crippen LogP contribution is 2.18. The van der Waals surface area contributed by atoms with Crippen LogP contribution in [0, 0.1) is 15.9 Å². The molecule has 20 heavy (non-hydrogen) atoms. The maximum absolute atomic E-state index is 13.5. The number of nitro groups is 1. The van der Waals surface area contributed by atoms with Crippen LogP contribution in [0.4, 0.5) is 10.1 Å². The van der Waals surface area contributed by atoms with Gasteiger partial charge in [-0.2, -0.15) is 4.39 Å². The Kier molecular flexibility index (Phi) is 4.36. The molecule has 0 amide bonds. The van der Waals surface area contributed by atoms with E-state index >= 15 is 0 Å². The van der Waals surface area contributed by atoms with Crippen LogP contribution in [-0.4, -0.2) is 31.6 Å². The summed E-state index contributed by atoms with van der Waals surface area (Å²) in [7, 11) is 0. The van der Waals surface area contributed by atoms with Gasteiger partial charge in [0.1, 0.15) is 0 Å². The molecule has 0 radical (unpaired) electrons. The summed E-state index contributed by atoms with van der Waals surface area (Å²) in [6.45, 7) is 0.363. The number of aliphatic hydroxyl groups is 1. The molecule has 0 atom stereocenters. The molecule has 1 aromatic heterocycles. The molecular weight excluding hydrogens is 267 g/mol. The van der Waals surface area contributed by atoms with Crippen LogP contribution in [0.15, 0.2) is 24.4 Å². The SMILES string of the molecule is O=[N+]([O-])c1ccc(Cn2cc(CCCO)nn2)cc1F. The van der Waals surface area contributed by atoms with Crippen LogP contribution in [-0.2, 0) is 13.0 Å². The van der Waals surface area contributed by atoms with E-state index in [0.717, 1.165) is 17.8 Å². The number of hydrogen-bond donors (Lipinski definition) is 1. The first kappa shape index (κ1) is 14.1. The van der Waals surface area contributed by atoms with Crippen molar-refractivity contribution in [3.05, 3.63) is 51.6 Å². The van der Waals surface area contributed by atoms with Gasteiger partial charge in [0.05, 0.1) is 17.2 Å². The maximum Gasteiger partial charge on any atom is 0.304 e. The van der Waals surface area contributed by atoms with Gasteiger partial charge < -0.3 is 5.11 Å². The number of hydrogen-bond acceptors (Lipinski definition) is 5. The molecule has 1 heterocycles. The van der Waals surface area contributed by atoms with E-state index in [1.165, 1.54) is 10.7 Å².